The van der Waals surface area contributed by atoms with Crippen LogP contribution in [0.2, 0.25) is 0 Å². The molecule has 2 aliphatic rings. The van der Waals surface area contributed by atoms with Gasteiger partial charge in [-0.1, -0.05) is 30.3 Å². The van der Waals surface area contributed by atoms with E-state index >= 15 is 0 Å². The first-order valence-corrected chi connectivity index (χ1v) is 14.5. The van der Waals surface area contributed by atoms with Crippen LogP contribution in [0.4, 0.5) is 9.59 Å². The van der Waals surface area contributed by atoms with Crippen LogP contribution >= 0.6 is 0 Å². The van der Waals surface area contributed by atoms with Crippen LogP contribution in [-0.4, -0.2) is 87.7 Å². The quantitative estimate of drug-likeness (QED) is 0.256. The summed E-state index contributed by atoms with van der Waals surface area (Å²) in [5.41, 5.74) is -1.28. The van der Waals surface area contributed by atoms with Gasteiger partial charge in [-0.2, -0.15) is 0 Å². The van der Waals surface area contributed by atoms with Gasteiger partial charge in [-0.15, -0.1) is 0 Å². The molecule has 1 heterocycles. The topological polar surface area (TPSA) is 181 Å². The van der Waals surface area contributed by atoms with E-state index < -0.39 is 45.6 Å². The van der Waals surface area contributed by atoms with Gasteiger partial charge < -0.3 is 19.7 Å². The maximum Gasteiger partial charge on any atom is 0.413 e. The van der Waals surface area contributed by atoms with Crippen molar-refractivity contribution in [3.05, 3.63) is 42.5 Å². The highest BCUT2D eigenvalue weighted by Crippen LogP contribution is 2.38. The third-order valence-corrected chi connectivity index (χ3v) is 8.22. The number of carbonyl (C=O) groups is 3. The number of nitrogens with zero attached hydrogens (tertiary/aromatic N) is 2. The first-order chi connectivity index (χ1) is 19.0. The molecule has 1 aliphatic heterocycles. The predicted molar refractivity (Wildman–Crippen MR) is 145 cm³/mol. The van der Waals surface area contributed by atoms with Gasteiger partial charge in [0, 0.05) is 19.6 Å². The average molecular weight is 574 g/mol. The number of rotatable bonds is 9. The van der Waals surface area contributed by atoms with Crippen molar-refractivity contribution in [3.63, 3.8) is 0 Å². The van der Waals surface area contributed by atoms with E-state index in [1.54, 1.807) is 30.0 Å². The molecule has 1 saturated carbocycles. The van der Waals surface area contributed by atoms with Crippen molar-refractivity contribution in [1.82, 2.24) is 25.6 Å². The molecule has 0 bridgehead atoms. The van der Waals surface area contributed by atoms with E-state index in [4.69, 9.17) is 14.9 Å². The van der Waals surface area contributed by atoms with Gasteiger partial charge in [-0.05, 0) is 49.6 Å². The van der Waals surface area contributed by atoms with Gasteiger partial charge >= 0.3 is 12.1 Å². The van der Waals surface area contributed by atoms with Crippen molar-refractivity contribution in [3.8, 4) is 0 Å². The van der Waals surface area contributed by atoms with E-state index in [-0.39, 0.29) is 37.2 Å². The Morgan fingerprint density at radius 1 is 1.20 bits per heavy atom. The molecule has 40 heavy (non-hydrogen) atoms. The molecule has 1 radical (unpaired) electrons. The number of alkyl carbamates (subject to hydrolysis) is 1. The second kappa shape index (κ2) is 12.2. The molecule has 2 aromatic carbocycles. The van der Waals surface area contributed by atoms with Gasteiger partial charge in [0.25, 0.3) is 0 Å². The summed E-state index contributed by atoms with van der Waals surface area (Å²) >= 11 is 0. The third kappa shape index (κ3) is 7.06. The summed E-state index contributed by atoms with van der Waals surface area (Å²) in [6.07, 6.45) is -0.524. The summed E-state index contributed by atoms with van der Waals surface area (Å²) in [5.74, 6) is -0.615. The monoisotopic (exact) mass is 573 g/mol. The Labute approximate surface area is 232 Å². The Hall–Kier alpha value is -3.75. The number of nitrogens with one attached hydrogen (secondary N) is 4. The second-order valence-electron chi connectivity index (χ2n) is 9.68. The summed E-state index contributed by atoms with van der Waals surface area (Å²) in [7, 11) is -3.99. The minimum absolute atomic E-state index is 0.0393. The van der Waals surface area contributed by atoms with Gasteiger partial charge in [-0.3, -0.25) is 15.5 Å². The standard InChI is InChI=1S/C26H33N6O7S/c1-3-38-25(35)29-23(27)32-12-13-39-20(16-32)15-28-24(34)30-26(10-11-26)22(33)17(2)31-40(36,37)21-9-8-18-6-4-5-7-19(18)14-21/h4-9,14,17,20,31H,3,10-13,15-16H2,1-2H3,(H,28,34)(H2,27,29,35). The number of carbonyl (C=O) groups excluding carboxylic acids is 3. The molecule has 4 N–H and O–H groups in total. The van der Waals surface area contributed by atoms with Crippen LogP contribution < -0.4 is 20.7 Å². The van der Waals surface area contributed by atoms with Gasteiger partial charge in [0.1, 0.15) is 5.54 Å². The van der Waals surface area contributed by atoms with Crippen LogP contribution in [0.3, 0.4) is 0 Å². The number of benzene rings is 2. The van der Waals surface area contributed by atoms with Crippen molar-refractivity contribution in [1.29, 1.82) is 5.41 Å². The maximum atomic E-state index is 13.1. The van der Waals surface area contributed by atoms with Crippen LogP contribution in [-0.2, 0) is 24.3 Å². The zero-order valence-electron chi connectivity index (χ0n) is 22.3. The van der Waals surface area contributed by atoms with E-state index in [1.165, 1.54) is 13.0 Å². The second-order valence-corrected chi connectivity index (χ2v) is 11.4. The fourth-order valence-electron chi connectivity index (χ4n) is 4.45. The maximum absolute atomic E-state index is 13.1. The Morgan fingerprint density at radius 2 is 1.93 bits per heavy atom. The normalized spacial score (nSPS) is 18.9. The zero-order chi connectivity index (χ0) is 28.9. The van der Waals surface area contributed by atoms with E-state index in [9.17, 15) is 22.8 Å². The molecule has 13 nitrogen and oxygen atoms in total. The lowest BCUT2D eigenvalue weighted by Crippen LogP contribution is -2.55. The number of hydrogen-bond donors (Lipinski definition) is 4. The van der Waals surface area contributed by atoms with Gasteiger partial charge in [-0.25, -0.2) is 28.0 Å². The average Bonchev–Trinajstić information content (AvgIpc) is 3.71. The number of Topliss-reactive ketones (excluding diaryl/α,β-unsaturated/α-hetero) is 1. The number of urea groups is 1. The zero-order valence-corrected chi connectivity index (χ0v) is 23.1. The number of fused-ring (bicyclic) bond motifs is 1. The minimum Gasteiger partial charge on any atom is -0.450 e. The molecule has 1 aliphatic carbocycles. The third-order valence-electron chi connectivity index (χ3n) is 6.69. The van der Waals surface area contributed by atoms with E-state index in [1.807, 2.05) is 18.2 Å². The van der Waals surface area contributed by atoms with E-state index in [2.05, 4.69) is 20.7 Å². The van der Waals surface area contributed by atoms with Gasteiger partial charge in [0.05, 0.1) is 30.3 Å². The van der Waals surface area contributed by atoms with Crippen LogP contribution in [0, 0.1) is 5.41 Å². The predicted octanol–water partition coefficient (Wildman–Crippen LogP) is 1.30. The fraction of sp³-hybridized carbons (Fsp3) is 0.462. The molecular formula is C26H33N6O7S. The lowest BCUT2D eigenvalue weighted by atomic mass is 10.1. The van der Waals surface area contributed by atoms with Gasteiger partial charge in [0.2, 0.25) is 16.0 Å². The molecule has 1 saturated heterocycles. The summed E-state index contributed by atoms with van der Waals surface area (Å²) < 4.78 is 38.8. The van der Waals surface area contributed by atoms with E-state index in [0.717, 1.165) is 10.8 Å². The summed E-state index contributed by atoms with van der Waals surface area (Å²) in [6.45, 7) is 4.25. The molecule has 215 valence electrons. The summed E-state index contributed by atoms with van der Waals surface area (Å²) in [6, 6.07) is 10.3. The lowest BCUT2D eigenvalue weighted by Gasteiger charge is -2.34. The number of ketones is 1. The molecule has 2 atom stereocenters. The van der Waals surface area contributed by atoms with Crippen molar-refractivity contribution < 1.29 is 32.3 Å². The molecule has 2 aromatic rings. The van der Waals surface area contributed by atoms with Crippen molar-refractivity contribution in [2.75, 3.05) is 32.8 Å². The molecule has 0 aromatic heterocycles. The Kier molecular flexibility index (Phi) is 8.91. The Bertz CT molecular complexity index is 1390. The fourth-order valence-corrected chi connectivity index (χ4v) is 5.69. The Morgan fingerprint density at radius 3 is 2.62 bits per heavy atom. The first-order valence-electron chi connectivity index (χ1n) is 13.0. The van der Waals surface area contributed by atoms with Crippen molar-refractivity contribution in [2.45, 2.75) is 49.3 Å². The number of ether oxygens (including phenoxy) is 2. The number of guanidine groups is 1. The van der Waals surface area contributed by atoms with Gasteiger partial charge in [0.15, 0.2) is 5.78 Å². The van der Waals surface area contributed by atoms with Crippen molar-refractivity contribution in [2.24, 2.45) is 0 Å². The number of amides is 3. The first kappa shape index (κ1) is 29.2. The molecular weight excluding hydrogens is 540 g/mol. The van der Waals surface area contributed by atoms with Crippen molar-refractivity contribution >= 4 is 44.7 Å². The molecule has 2 fully saturated rings. The highest BCUT2D eigenvalue weighted by molar-refractivity contribution is 7.89. The smallest absolute Gasteiger partial charge is 0.413 e. The minimum atomic E-state index is -3.99. The van der Waals surface area contributed by atoms with Crippen LogP contribution in [0.15, 0.2) is 47.4 Å². The summed E-state index contributed by atoms with van der Waals surface area (Å²) in [4.78, 5) is 38.9. The SMILES string of the molecule is CCOC(=O)NC(=N)N1CCOC(CNC(=O)[N]C2(C(=O)C(C)NS(=O)(=O)c3ccc4ccccc4c3)CC2)C1. The molecule has 0 spiro atoms. The summed E-state index contributed by atoms with van der Waals surface area (Å²) in [5, 5.41) is 18.7. The number of morpholine rings is 1. The highest BCUT2D eigenvalue weighted by Gasteiger charge is 2.54. The number of hydrogen-bond acceptors (Lipinski definition) is 8. The molecule has 3 amide bonds. The largest absolute Gasteiger partial charge is 0.450 e. The number of sulfonamides is 1. The highest BCUT2D eigenvalue weighted by atomic mass is 32.2. The van der Waals surface area contributed by atoms with Crippen LogP contribution in [0.25, 0.3) is 10.8 Å². The molecule has 14 heteroatoms. The molecule has 4 rings (SSSR count). The lowest BCUT2D eigenvalue weighted by molar-refractivity contribution is -0.123. The van der Waals surface area contributed by atoms with Crippen LogP contribution in [0.5, 0.6) is 0 Å². The van der Waals surface area contributed by atoms with Crippen LogP contribution in [0.1, 0.15) is 26.7 Å². The molecule has 2 unspecified atom stereocenters. The Balaban J connectivity index is 1.27. The van der Waals surface area contributed by atoms with E-state index in [0.29, 0.717) is 19.4 Å².